The summed E-state index contributed by atoms with van der Waals surface area (Å²) in [5, 5.41) is 3.69. The normalized spacial score (nSPS) is 24.8. The molecule has 1 unspecified atom stereocenters. The fraction of sp³-hybridized carbons (Fsp3) is 0.600. The third-order valence-corrected chi connectivity index (χ3v) is 4.43. The molecule has 0 amide bonds. The maximum Gasteiger partial charge on any atom is 0.124 e. The lowest BCUT2D eigenvalue weighted by Crippen LogP contribution is -2.46. The quantitative estimate of drug-likeness (QED) is 0.869. The molecule has 0 bridgehead atoms. The van der Waals surface area contributed by atoms with Gasteiger partial charge in [0.1, 0.15) is 5.82 Å². The van der Waals surface area contributed by atoms with Crippen molar-refractivity contribution >= 4 is 15.9 Å². The van der Waals surface area contributed by atoms with Crippen LogP contribution >= 0.6 is 15.9 Å². The molecule has 3 heteroatoms. The molecule has 18 heavy (non-hydrogen) atoms. The third kappa shape index (κ3) is 3.55. The van der Waals surface area contributed by atoms with Crippen LogP contribution in [0.15, 0.2) is 22.7 Å². The summed E-state index contributed by atoms with van der Waals surface area (Å²) in [6.45, 7) is 3.32. The van der Waals surface area contributed by atoms with Crippen molar-refractivity contribution in [3.05, 3.63) is 34.1 Å². The van der Waals surface area contributed by atoms with Crippen molar-refractivity contribution in [3.63, 3.8) is 0 Å². The summed E-state index contributed by atoms with van der Waals surface area (Å²) in [6, 6.07) is 5.21. The van der Waals surface area contributed by atoms with Crippen molar-refractivity contribution in [1.82, 2.24) is 5.32 Å². The van der Waals surface area contributed by atoms with Gasteiger partial charge in [-0.3, -0.25) is 0 Å². The van der Waals surface area contributed by atoms with Crippen LogP contribution in [-0.4, -0.2) is 12.1 Å². The summed E-state index contributed by atoms with van der Waals surface area (Å²) in [5.74, 6) is -0.153. The van der Waals surface area contributed by atoms with Crippen LogP contribution in [0.5, 0.6) is 0 Å². The van der Waals surface area contributed by atoms with Crippen LogP contribution in [-0.2, 0) is 6.42 Å². The zero-order valence-electron chi connectivity index (χ0n) is 10.9. The summed E-state index contributed by atoms with van der Waals surface area (Å²) in [5.41, 5.74) is 1.24. The average Bonchev–Trinajstić information content (AvgIpc) is 2.54. The van der Waals surface area contributed by atoms with Gasteiger partial charge in [0.15, 0.2) is 0 Å². The van der Waals surface area contributed by atoms with Gasteiger partial charge >= 0.3 is 0 Å². The van der Waals surface area contributed by atoms with Crippen molar-refractivity contribution in [2.45, 2.75) is 51.0 Å². The molecule has 0 radical (unpaired) electrons. The van der Waals surface area contributed by atoms with Gasteiger partial charge in [-0.15, -0.1) is 0 Å². The molecule has 1 aromatic rings. The molecule has 1 aliphatic rings. The van der Waals surface area contributed by atoms with Crippen LogP contribution in [0.2, 0.25) is 0 Å². The lowest BCUT2D eigenvalue weighted by Gasteiger charge is -2.33. The highest BCUT2D eigenvalue weighted by Gasteiger charge is 2.28. The number of benzene rings is 1. The molecule has 100 valence electrons. The summed E-state index contributed by atoms with van der Waals surface area (Å²) < 4.78 is 14.3. The molecule has 0 aromatic heterocycles. The zero-order chi connectivity index (χ0) is 13.0. The highest BCUT2D eigenvalue weighted by Crippen LogP contribution is 2.28. The molecule has 1 nitrogen and oxygen atoms in total. The Labute approximate surface area is 117 Å². The van der Waals surface area contributed by atoms with E-state index in [4.69, 9.17) is 0 Å². The number of hydrogen-bond donors (Lipinski definition) is 1. The first-order chi connectivity index (χ1) is 8.63. The molecule has 1 fully saturated rings. The van der Waals surface area contributed by atoms with Gasteiger partial charge in [0.25, 0.3) is 0 Å². The van der Waals surface area contributed by atoms with E-state index in [1.54, 1.807) is 6.07 Å². The maximum atomic E-state index is 13.4. The second-order valence-corrected chi connectivity index (χ2v) is 6.24. The predicted molar refractivity (Wildman–Crippen MR) is 77.3 cm³/mol. The zero-order valence-corrected chi connectivity index (χ0v) is 12.5. The van der Waals surface area contributed by atoms with Crippen molar-refractivity contribution in [2.24, 2.45) is 0 Å². The molecular weight excluding hydrogens is 293 g/mol. The Balaban J connectivity index is 2.17. The number of nitrogens with one attached hydrogen (secondary N) is 1. The van der Waals surface area contributed by atoms with Gasteiger partial charge in [-0.05, 0) is 56.0 Å². The van der Waals surface area contributed by atoms with E-state index in [0.717, 1.165) is 29.4 Å². The van der Waals surface area contributed by atoms with Crippen LogP contribution in [0.1, 0.15) is 44.6 Å². The summed E-state index contributed by atoms with van der Waals surface area (Å²) in [7, 11) is 0. The second kappa shape index (κ2) is 6.16. The molecule has 2 rings (SSSR count). The minimum absolute atomic E-state index is 0.153. The van der Waals surface area contributed by atoms with Crippen LogP contribution < -0.4 is 5.32 Å². The minimum Gasteiger partial charge on any atom is -0.311 e. The average molecular weight is 314 g/mol. The van der Waals surface area contributed by atoms with Crippen molar-refractivity contribution in [2.75, 3.05) is 6.54 Å². The van der Waals surface area contributed by atoms with E-state index in [0.29, 0.717) is 0 Å². The molecular formula is C15H21BrFN. The predicted octanol–water partition coefficient (Wildman–Crippen LogP) is 4.44. The first-order valence-corrected chi connectivity index (χ1v) is 7.63. The van der Waals surface area contributed by atoms with Crippen LogP contribution in [0.25, 0.3) is 0 Å². The molecule has 1 aromatic carbocycles. The monoisotopic (exact) mass is 313 g/mol. The van der Waals surface area contributed by atoms with Gasteiger partial charge in [0, 0.05) is 10.0 Å². The van der Waals surface area contributed by atoms with E-state index in [1.807, 2.05) is 6.07 Å². The summed E-state index contributed by atoms with van der Waals surface area (Å²) >= 11 is 3.37. The van der Waals surface area contributed by atoms with Crippen molar-refractivity contribution in [3.8, 4) is 0 Å². The van der Waals surface area contributed by atoms with Crippen LogP contribution in [0, 0.1) is 5.82 Å². The first-order valence-electron chi connectivity index (χ1n) is 6.83. The molecule has 0 saturated carbocycles. The third-order valence-electron chi connectivity index (χ3n) is 3.97. The Hall–Kier alpha value is -0.410. The summed E-state index contributed by atoms with van der Waals surface area (Å²) in [6.07, 6.45) is 7.05. The molecule has 1 atom stereocenters. The molecule has 0 spiro atoms. The fourth-order valence-corrected chi connectivity index (χ4v) is 3.40. The van der Waals surface area contributed by atoms with E-state index >= 15 is 0 Å². The summed E-state index contributed by atoms with van der Waals surface area (Å²) in [4.78, 5) is 0. The van der Waals surface area contributed by atoms with E-state index in [2.05, 4.69) is 28.2 Å². The highest BCUT2D eigenvalue weighted by molar-refractivity contribution is 9.10. The van der Waals surface area contributed by atoms with E-state index in [9.17, 15) is 4.39 Å². The van der Waals surface area contributed by atoms with E-state index < -0.39 is 0 Å². The van der Waals surface area contributed by atoms with Gasteiger partial charge in [-0.2, -0.15) is 0 Å². The Morgan fingerprint density at radius 1 is 1.28 bits per heavy atom. The van der Waals surface area contributed by atoms with Gasteiger partial charge in [-0.1, -0.05) is 35.7 Å². The topological polar surface area (TPSA) is 12.0 Å². The smallest absolute Gasteiger partial charge is 0.124 e. The molecule has 1 heterocycles. The van der Waals surface area contributed by atoms with Gasteiger partial charge in [0.2, 0.25) is 0 Å². The van der Waals surface area contributed by atoms with Gasteiger partial charge in [0.05, 0.1) is 0 Å². The second-order valence-electron chi connectivity index (χ2n) is 5.33. The largest absolute Gasteiger partial charge is 0.311 e. The van der Waals surface area contributed by atoms with E-state index in [-0.39, 0.29) is 11.4 Å². The Morgan fingerprint density at radius 3 is 2.83 bits per heavy atom. The lowest BCUT2D eigenvalue weighted by molar-refractivity contribution is 0.302. The SMILES string of the molecule is CCC1(Cc2cc(F)cc(Br)c2)CCCCCN1. The fourth-order valence-electron chi connectivity index (χ4n) is 2.89. The van der Waals surface area contributed by atoms with Crippen LogP contribution in [0.4, 0.5) is 4.39 Å². The molecule has 1 saturated heterocycles. The number of rotatable bonds is 3. The van der Waals surface area contributed by atoms with Crippen molar-refractivity contribution < 1.29 is 4.39 Å². The Morgan fingerprint density at radius 2 is 2.11 bits per heavy atom. The van der Waals surface area contributed by atoms with Crippen molar-refractivity contribution in [1.29, 1.82) is 0 Å². The highest BCUT2D eigenvalue weighted by atomic mass is 79.9. The van der Waals surface area contributed by atoms with Crippen LogP contribution in [0.3, 0.4) is 0 Å². The standard InChI is InChI=1S/C15H21BrFN/c1-2-15(6-4-3-5-7-18-15)11-12-8-13(16)10-14(17)9-12/h8-10,18H,2-7,11H2,1H3. The Bertz CT molecular complexity index is 377. The maximum absolute atomic E-state index is 13.4. The Kier molecular flexibility index (Phi) is 4.79. The minimum atomic E-state index is -0.153. The first kappa shape index (κ1) is 14.0. The lowest BCUT2D eigenvalue weighted by atomic mass is 9.84. The molecule has 1 N–H and O–H groups in total. The number of halogens is 2. The number of hydrogen-bond acceptors (Lipinski definition) is 1. The molecule has 0 aliphatic carbocycles. The van der Waals surface area contributed by atoms with Gasteiger partial charge < -0.3 is 5.32 Å². The van der Waals surface area contributed by atoms with Gasteiger partial charge in [-0.25, -0.2) is 4.39 Å². The van der Waals surface area contributed by atoms with E-state index in [1.165, 1.54) is 31.7 Å². The molecule has 1 aliphatic heterocycles.